The van der Waals surface area contributed by atoms with E-state index in [2.05, 4.69) is 36.9 Å². The molecule has 126 valence electrons. The van der Waals surface area contributed by atoms with Crippen molar-refractivity contribution in [2.24, 2.45) is 7.05 Å². The molecule has 3 aromatic heterocycles. The minimum atomic E-state index is -0.253. The minimum absolute atomic E-state index is 0.253. The molecule has 3 aromatic rings. The minimum Gasteiger partial charge on any atom is -0.321 e. The molecular weight excluding hydrogens is 318 g/mol. The van der Waals surface area contributed by atoms with Gasteiger partial charge in [0.05, 0.1) is 30.1 Å². The predicted molar refractivity (Wildman–Crippen MR) is 90.8 cm³/mol. The quantitative estimate of drug-likeness (QED) is 0.716. The van der Waals surface area contributed by atoms with E-state index in [-0.39, 0.29) is 5.54 Å². The summed E-state index contributed by atoms with van der Waals surface area (Å²) in [5, 5.41) is 24.2. The Balaban J connectivity index is 1.58. The summed E-state index contributed by atoms with van der Waals surface area (Å²) in [6.07, 6.45) is 7.58. The van der Waals surface area contributed by atoms with Gasteiger partial charge < -0.3 is 10.6 Å². The molecule has 4 rings (SSSR count). The summed E-state index contributed by atoms with van der Waals surface area (Å²) in [6, 6.07) is 5.98. The van der Waals surface area contributed by atoms with Gasteiger partial charge >= 0.3 is 0 Å². The highest BCUT2D eigenvalue weighted by Gasteiger charge is 2.39. The van der Waals surface area contributed by atoms with Crippen LogP contribution in [-0.2, 0) is 12.6 Å². The smallest absolute Gasteiger partial charge is 0.227 e. The Hall–Kier alpha value is -3.25. The first-order valence-corrected chi connectivity index (χ1v) is 7.91. The van der Waals surface area contributed by atoms with Crippen LogP contribution >= 0.6 is 0 Å². The Bertz CT molecular complexity index is 929. The largest absolute Gasteiger partial charge is 0.321 e. The van der Waals surface area contributed by atoms with Crippen molar-refractivity contribution in [3.05, 3.63) is 36.9 Å². The molecule has 0 bridgehead atoms. The van der Waals surface area contributed by atoms with E-state index in [0.717, 1.165) is 30.2 Å². The second kappa shape index (κ2) is 5.99. The molecule has 1 aliphatic rings. The first-order valence-electron chi connectivity index (χ1n) is 7.91. The maximum atomic E-state index is 9.08. The molecule has 0 amide bonds. The fourth-order valence-electron chi connectivity index (χ4n) is 2.83. The number of nitriles is 1. The number of nitrogens with zero attached hydrogens (tertiary/aromatic N) is 7. The molecule has 2 N–H and O–H groups in total. The van der Waals surface area contributed by atoms with E-state index in [4.69, 9.17) is 5.26 Å². The molecule has 0 spiro atoms. The third-order valence-corrected chi connectivity index (χ3v) is 4.27. The van der Waals surface area contributed by atoms with Gasteiger partial charge in [-0.15, -0.1) is 0 Å². The maximum Gasteiger partial charge on any atom is 0.227 e. The molecule has 0 aliphatic carbocycles. The highest BCUT2D eigenvalue weighted by atomic mass is 15.4. The van der Waals surface area contributed by atoms with Crippen LogP contribution in [0.5, 0.6) is 0 Å². The van der Waals surface area contributed by atoms with Gasteiger partial charge in [0.25, 0.3) is 0 Å². The van der Waals surface area contributed by atoms with Crippen molar-refractivity contribution in [3.8, 4) is 17.5 Å². The van der Waals surface area contributed by atoms with Crippen LogP contribution < -0.4 is 10.6 Å². The number of anilines is 2. The first kappa shape index (κ1) is 15.3. The third kappa shape index (κ3) is 2.83. The lowest BCUT2D eigenvalue weighted by molar-refractivity contribution is 0.161. The average Bonchev–Trinajstić information content (AvgIpc) is 3.21. The summed E-state index contributed by atoms with van der Waals surface area (Å²) in [4.78, 5) is 8.75. The van der Waals surface area contributed by atoms with Crippen molar-refractivity contribution in [3.63, 3.8) is 0 Å². The first-order chi connectivity index (χ1) is 12.2. The topological polar surface area (TPSA) is 109 Å². The zero-order chi connectivity index (χ0) is 17.3. The van der Waals surface area contributed by atoms with Crippen molar-refractivity contribution >= 4 is 11.6 Å². The van der Waals surface area contributed by atoms with Gasteiger partial charge in [0.1, 0.15) is 11.2 Å². The van der Waals surface area contributed by atoms with Crippen molar-refractivity contribution in [1.29, 1.82) is 5.26 Å². The Labute approximate surface area is 144 Å². The summed E-state index contributed by atoms with van der Waals surface area (Å²) >= 11 is 0. The summed E-state index contributed by atoms with van der Waals surface area (Å²) in [6.45, 7) is 1.50. The van der Waals surface area contributed by atoms with Crippen LogP contribution in [0.3, 0.4) is 0 Å². The molecule has 0 saturated carbocycles. The summed E-state index contributed by atoms with van der Waals surface area (Å²) < 4.78 is 3.58. The van der Waals surface area contributed by atoms with E-state index >= 15 is 0 Å². The van der Waals surface area contributed by atoms with Gasteiger partial charge in [-0.05, 0) is 12.1 Å². The van der Waals surface area contributed by atoms with Crippen LogP contribution in [0.25, 0.3) is 11.4 Å². The molecule has 1 saturated heterocycles. The number of aromatic nitrogens is 6. The van der Waals surface area contributed by atoms with Crippen LogP contribution in [0.4, 0.5) is 11.6 Å². The van der Waals surface area contributed by atoms with Gasteiger partial charge in [-0.2, -0.15) is 15.5 Å². The summed E-state index contributed by atoms with van der Waals surface area (Å²) in [7, 11) is 1.85. The number of hydrogen-bond donors (Lipinski definition) is 2. The second-order valence-electron chi connectivity index (χ2n) is 6.10. The van der Waals surface area contributed by atoms with E-state index < -0.39 is 0 Å². The van der Waals surface area contributed by atoms with Crippen molar-refractivity contribution in [2.75, 3.05) is 18.4 Å². The molecule has 9 nitrogen and oxygen atoms in total. The van der Waals surface area contributed by atoms with Crippen LogP contribution in [0, 0.1) is 11.3 Å². The Morgan fingerprint density at radius 1 is 1.36 bits per heavy atom. The molecule has 9 heteroatoms. The molecular formula is C16H17N9. The number of rotatable bonds is 5. The highest BCUT2D eigenvalue weighted by molar-refractivity contribution is 5.57. The molecule has 1 fully saturated rings. The van der Waals surface area contributed by atoms with E-state index in [1.54, 1.807) is 17.1 Å². The summed E-state index contributed by atoms with van der Waals surface area (Å²) in [5.41, 5.74) is 2.04. The van der Waals surface area contributed by atoms with Gasteiger partial charge in [0.15, 0.2) is 0 Å². The average molecular weight is 335 g/mol. The van der Waals surface area contributed by atoms with E-state index in [1.165, 1.54) is 0 Å². The highest BCUT2D eigenvalue weighted by Crippen LogP contribution is 2.27. The standard InChI is InChI=1S/C16H17N9/c1-24-9-12(8-20-24)21-15-19-6-2-13(22-15)14-3-7-25(23-14)16(4-5-17)10-18-11-16/h2-3,6-9,18H,4,10-11H2,1H3,(H,19,21,22). The molecule has 0 atom stereocenters. The normalized spacial score (nSPS) is 15.4. The molecule has 0 aromatic carbocycles. The Morgan fingerprint density at radius 3 is 2.92 bits per heavy atom. The SMILES string of the molecule is Cn1cc(Nc2nccc(-c3ccn(C4(CC#N)CNC4)n3)n2)cn1. The monoisotopic (exact) mass is 335 g/mol. The fourth-order valence-corrected chi connectivity index (χ4v) is 2.83. The fraction of sp³-hybridized carbons (Fsp3) is 0.312. The Kier molecular flexibility index (Phi) is 3.66. The summed E-state index contributed by atoms with van der Waals surface area (Å²) in [5.74, 6) is 0.483. The molecule has 1 aliphatic heterocycles. The zero-order valence-corrected chi connectivity index (χ0v) is 13.7. The Morgan fingerprint density at radius 2 is 2.24 bits per heavy atom. The lowest BCUT2D eigenvalue weighted by Gasteiger charge is -2.41. The van der Waals surface area contributed by atoms with Gasteiger partial charge in [-0.1, -0.05) is 0 Å². The van der Waals surface area contributed by atoms with Crippen molar-refractivity contribution in [1.82, 2.24) is 34.8 Å². The molecule has 25 heavy (non-hydrogen) atoms. The van der Waals surface area contributed by atoms with Crippen LogP contribution in [0.2, 0.25) is 0 Å². The van der Waals surface area contributed by atoms with Gasteiger partial charge in [-0.25, -0.2) is 9.97 Å². The second-order valence-corrected chi connectivity index (χ2v) is 6.10. The zero-order valence-electron chi connectivity index (χ0n) is 13.7. The maximum absolute atomic E-state index is 9.08. The van der Waals surface area contributed by atoms with E-state index in [9.17, 15) is 0 Å². The van der Waals surface area contributed by atoms with E-state index in [0.29, 0.717) is 12.4 Å². The van der Waals surface area contributed by atoms with E-state index in [1.807, 2.05) is 36.3 Å². The number of nitrogens with one attached hydrogen (secondary N) is 2. The lowest BCUT2D eigenvalue weighted by Crippen LogP contribution is -2.60. The molecule has 4 heterocycles. The van der Waals surface area contributed by atoms with Crippen molar-refractivity contribution < 1.29 is 0 Å². The van der Waals surface area contributed by atoms with Gasteiger partial charge in [-0.3, -0.25) is 9.36 Å². The van der Waals surface area contributed by atoms with Crippen LogP contribution in [-0.4, -0.2) is 42.6 Å². The van der Waals surface area contributed by atoms with Gasteiger partial charge in [0, 0.05) is 38.7 Å². The van der Waals surface area contributed by atoms with Crippen molar-refractivity contribution in [2.45, 2.75) is 12.0 Å². The van der Waals surface area contributed by atoms with Gasteiger partial charge in [0.2, 0.25) is 5.95 Å². The van der Waals surface area contributed by atoms with Crippen LogP contribution in [0.1, 0.15) is 6.42 Å². The number of aryl methyl sites for hydroxylation is 1. The molecule has 0 radical (unpaired) electrons. The third-order valence-electron chi connectivity index (χ3n) is 4.27. The molecule has 0 unspecified atom stereocenters. The van der Waals surface area contributed by atoms with Crippen LogP contribution in [0.15, 0.2) is 36.9 Å². The number of hydrogen-bond acceptors (Lipinski definition) is 7. The lowest BCUT2D eigenvalue weighted by atomic mass is 9.89. The predicted octanol–water partition coefficient (Wildman–Crippen LogP) is 1.03.